The number of nitrogens with one attached hydrogen (secondary N) is 1. The molecule has 1 heterocycles. The summed E-state index contributed by atoms with van der Waals surface area (Å²) in [4.78, 5) is 28.9. The van der Waals surface area contributed by atoms with E-state index >= 15 is 0 Å². The van der Waals surface area contributed by atoms with Crippen molar-refractivity contribution < 1.29 is 18.0 Å². The van der Waals surface area contributed by atoms with Gasteiger partial charge in [0, 0.05) is 12.6 Å². The first-order valence-electron chi connectivity index (χ1n) is 11.5. The molecular weight excluding hydrogens is 438 g/mol. The van der Waals surface area contributed by atoms with Gasteiger partial charge in [-0.05, 0) is 37.5 Å². The fourth-order valence-electron chi connectivity index (χ4n) is 5.04. The van der Waals surface area contributed by atoms with Crippen molar-refractivity contribution in [1.29, 1.82) is 0 Å². The standard InChI is InChI=1S/C25H31N3O4S/c1-18-17-27(25(30)21-15-9-10-16-22(21)28(18)33(2,31)32)23(19-11-5-3-6-12-19)24(29)26-20-13-7-4-8-14-20/h3,5-6,9-12,15-16,18,20,23H,4,7-8,13-14,17H2,1-2H3,(H,26,29)/t18-,23-/m1/s1. The summed E-state index contributed by atoms with van der Waals surface area (Å²) in [5, 5.41) is 3.17. The van der Waals surface area contributed by atoms with Crippen LogP contribution < -0.4 is 9.62 Å². The largest absolute Gasteiger partial charge is 0.351 e. The molecule has 0 unspecified atom stereocenters. The van der Waals surface area contributed by atoms with Crippen LogP contribution in [0.2, 0.25) is 0 Å². The number of para-hydroxylation sites is 1. The van der Waals surface area contributed by atoms with Crippen molar-refractivity contribution in [3.8, 4) is 0 Å². The lowest BCUT2D eigenvalue weighted by atomic mass is 9.94. The summed E-state index contributed by atoms with van der Waals surface area (Å²) >= 11 is 0. The fraction of sp³-hybridized carbons (Fsp3) is 0.440. The number of anilines is 1. The Kier molecular flexibility index (Phi) is 6.74. The maximum absolute atomic E-state index is 13.8. The molecule has 8 heteroatoms. The van der Waals surface area contributed by atoms with Gasteiger partial charge in [-0.3, -0.25) is 13.9 Å². The van der Waals surface area contributed by atoms with Crippen LogP contribution in [0.15, 0.2) is 54.6 Å². The highest BCUT2D eigenvalue weighted by molar-refractivity contribution is 7.92. The predicted octanol–water partition coefficient (Wildman–Crippen LogP) is 3.49. The lowest BCUT2D eigenvalue weighted by Crippen LogP contribution is -2.50. The lowest BCUT2D eigenvalue weighted by Gasteiger charge is -2.34. The van der Waals surface area contributed by atoms with Gasteiger partial charge in [-0.1, -0.05) is 61.7 Å². The number of rotatable bonds is 5. The topological polar surface area (TPSA) is 86.8 Å². The third kappa shape index (κ3) is 4.90. The monoisotopic (exact) mass is 469 g/mol. The SMILES string of the molecule is C[C@@H]1CN([C@@H](C(=O)NC2CCCCC2)c2ccccc2)C(=O)c2ccccc2N1S(C)(=O)=O. The molecule has 2 aliphatic rings. The molecule has 4 rings (SSSR count). The summed E-state index contributed by atoms with van der Waals surface area (Å²) < 4.78 is 26.7. The van der Waals surface area contributed by atoms with E-state index in [2.05, 4.69) is 5.32 Å². The summed E-state index contributed by atoms with van der Waals surface area (Å²) in [6.07, 6.45) is 6.35. The van der Waals surface area contributed by atoms with Crippen LogP contribution in [0.25, 0.3) is 0 Å². The van der Waals surface area contributed by atoms with Gasteiger partial charge in [-0.25, -0.2) is 8.42 Å². The van der Waals surface area contributed by atoms with Crippen LogP contribution in [0, 0.1) is 0 Å². The Morgan fingerprint density at radius 2 is 1.64 bits per heavy atom. The molecule has 0 bridgehead atoms. The van der Waals surface area contributed by atoms with Gasteiger partial charge in [-0.15, -0.1) is 0 Å². The van der Waals surface area contributed by atoms with Gasteiger partial charge in [0.1, 0.15) is 6.04 Å². The van der Waals surface area contributed by atoms with Crippen molar-refractivity contribution in [3.05, 3.63) is 65.7 Å². The Balaban J connectivity index is 1.77. The van der Waals surface area contributed by atoms with E-state index in [-0.39, 0.29) is 30.0 Å². The number of amides is 2. The van der Waals surface area contributed by atoms with Crippen LogP contribution in [0.3, 0.4) is 0 Å². The quantitative estimate of drug-likeness (QED) is 0.726. The molecule has 0 spiro atoms. The third-order valence-corrected chi connectivity index (χ3v) is 7.75. The van der Waals surface area contributed by atoms with Crippen molar-refractivity contribution >= 4 is 27.5 Å². The van der Waals surface area contributed by atoms with E-state index < -0.39 is 22.1 Å². The third-order valence-electron chi connectivity index (χ3n) is 6.48. The summed E-state index contributed by atoms with van der Waals surface area (Å²) in [7, 11) is -3.64. The number of carbonyl (C=O) groups excluding carboxylic acids is 2. The molecule has 1 aliphatic heterocycles. The molecule has 33 heavy (non-hydrogen) atoms. The van der Waals surface area contributed by atoms with Crippen LogP contribution in [-0.2, 0) is 14.8 Å². The molecule has 0 radical (unpaired) electrons. The van der Waals surface area contributed by atoms with E-state index in [0.29, 0.717) is 11.3 Å². The molecule has 176 valence electrons. The number of carbonyl (C=O) groups is 2. The fourth-order valence-corrected chi connectivity index (χ4v) is 6.28. The zero-order valence-electron chi connectivity index (χ0n) is 19.1. The first kappa shape index (κ1) is 23.3. The Bertz CT molecular complexity index is 1110. The molecule has 2 amide bonds. The zero-order valence-corrected chi connectivity index (χ0v) is 19.9. The maximum atomic E-state index is 13.8. The van der Waals surface area contributed by atoms with Crippen molar-refractivity contribution in [1.82, 2.24) is 10.2 Å². The Labute approximate surface area is 195 Å². The molecule has 2 aromatic rings. The number of nitrogens with zero attached hydrogens (tertiary/aromatic N) is 2. The van der Waals surface area contributed by atoms with Crippen LogP contribution in [0.5, 0.6) is 0 Å². The molecular formula is C25H31N3O4S. The van der Waals surface area contributed by atoms with Gasteiger partial charge in [0.25, 0.3) is 5.91 Å². The van der Waals surface area contributed by atoms with Gasteiger partial charge in [0.2, 0.25) is 15.9 Å². The molecule has 0 aromatic heterocycles. The van der Waals surface area contributed by atoms with Gasteiger partial charge in [0.15, 0.2) is 0 Å². The van der Waals surface area contributed by atoms with Crippen molar-refractivity contribution in [2.24, 2.45) is 0 Å². The van der Waals surface area contributed by atoms with Crippen molar-refractivity contribution in [3.63, 3.8) is 0 Å². The predicted molar refractivity (Wildman–Crippen MR) is 128 cm³/mol. The minimum Gasteiger partial charge on any atom is -0.351 e. The normalized spacial score (nSPS) is 20.7. The van der Waals surface area contributed by atoms with E-state index in [0.717, 1.165) is 31.9 Å². The molecule has 2 atom stereocenters. The van der Waals surface area contributed by atoms with Crippen LogP contribution in [0.4, 0.5) is 5.69 Å². The Morgan fingerprint density at radius 1 is 1.00 bits per heavy atom. The summed E-state index contributed by atoms with van der Waals surface area (Å²) in [5.74, 6) is -0.574. The minimum atomic E-state index is -3.64. The summed E-state index contributed by atoms with van der Waals surface area (Å²) in [6.45, 7) is 1.86. The van der Waals surface area contributed by atoms with Gasteiger partial charge in [-0.2, -0.15) is 0 Å². The molecule has 1 fully saturated rings. The molecule has 1 saturated carbocycles. The van der Waals surface area contributed by atoms with E-state index in [1.165, 1.54) is 15.6 Å². The number of fused-ring (bicyclic) bond motifs is 1. The highest BCUT2D eigenvalue weighted by atomic mass is 32.2. The van der Waals surface area contributed by atoms with Gasteiger partial charge < -0.3 is 10.2 Å². The van der Waals surface area contributed by atoms with Crippen LogP contribution in [0.1, 0.15) is 61.0 Å². The number of sulfonamides is 1. The average Bonchev–Trinajstić information content (AvgIpc) is 2.89. The van der Waals surface area contributed by atoms with Crippen LogP contribution >= 0.6 is 0 Å². The molecule has 1 aliphatic carbocycles. The van der Waals surface area contributed by atoms with Gasteiger partial charge in [0.05, 0.1) is 23.5 Å². The molecule has 1 N–H and O–H groups in total. The lowest BCUT2D eigenvalue weighted by molar-refractivity contribution is -0.126. The smallest absolute Gasteiger partial charge is 0.257 e. The second kappa shape index (κ2) is 9.55. The molecule has 0 saturated heterocycles. The van der Waals surface area contributed by atoms with Crippen molar-refractivity contribution in [2.45, 2.75) is 57.2 Å². The Hall–Kier alpha value is -2.87. The second-order valence-corrected chi connectivity index (χ2v) is 10.9. The van der Waals surface area contributed by atoms with E-state index in [1.807, 2.05) is 30.3 Å². The maximum Gasteiger partial charge on any atom is 0.257 e. The number of hydrogen-bond acceptors (Lipinski definition) is 4. The highest BCUT2D eigenvalue weighted by Gasteiger charge is 2.40. The van der Waals surface area contributed by atoms with E-state index in [9.17, 15) is 18.0 Å². The first-order chi connectivity index (χ1) is 15.8. The summed E-state index contributed by atoms with van der Waals surface area (Å²) in [5.41, 5.74) is 1.33. The van der Waals surface area contributed by atoms with Crippen molar-refractivity contribution in [2.75, 3.05) is 17.1 Å². The Morgan fingerprint density at radius 3 is 2.30 bits per heavy atom. The van der Waals surface area contributed by atoms with E-state index in [4.69, 9.17) is 0 Å². The number of benzene rings is 2. The van der Waals surface area contributed by atoms with E-state index in [1.54, 1.807) is 31.2 Å². The first-order valence-corrected chi connectivity index (χ1v) is 13.4. The second-order valence-electron chi connectivity index (χ2n) is 9.04. The number of hydrogen-bond donors (Lipinski definition) is 1. The van der Waals surface area contributed by atoms with Gasteiger partial charge >= 0.3 is 0 Å². The molecule has 2 aromatic carbocycles. The minimum absolute atomic E-state index is 0.0942. The summed E-state index contributed by atoms with van der Waals surface area (Å²) in [6, 6.07) is 14.7. The molecule has 7 nitrogen and oxygen atoms in total. The zero-order chi connectivity index (χ0) is 23.6. The van der Waals surface area contributed by atoms with Crippen LogP contribution in [-0.4, -0.2) is 50.0 Å². The highest BCUT2D eigenvalue weighted by Crippen LogP contribution is 2.34. The average molecular weight is 470 g/mol.